The molecule has 1 spiro atoms. The van der Waals surface area contributed by atoms with Gasteiger partial charge in [-0.2, -0.15) is 4.31 Å². The highest BCUT2D eigenvalue weighted by Gasteiger charge is 2.46. The summed E-state index contributed by atoms with van der Waals surface area (Å²) in [7, 11) is -2.10. The van der Waals surface area contributed by atoms with Crippen molar-refractivity contribution in [2.75, 3.05) is 31.6 Å². The Kier molecular flexibility index (Phi) is 11.9. The Morgan fingerprint density at radius 3 is 2.12 bits per heavy atom. The first-order valence-electron chi connectivity index (χ1n) is 14.8. The van der Waals surface area contributed by atoms with Crippen LogP contribution in [0.4, 0.5) is 10.5 Å². The van der Waals surface area contributed by atoms with E-state index in [9.17, 15) is 18.0 Å². The first-order valence-corrected chi connectivity index (χ1v) is 16.3. The fraction of sp³-hybridized carbons (Fsp3) is 0.633. The maximum Gasteiger partial charge on any atom is 0.318 e. The maximum absolute atomic E-state index is 13.1. The van der Waals surface area contributed by atoms with Crippen LogP contribution in [0.2, 0.25) is 0 Å². The van der Waals surface area contributed by atoms with Crippen LogP contribution in [0.1, 0.15) is 93.7 Å². The number of aliphatic hydroxyl groups is 1. The van der Waals surface area contributed by atoms with Crippen LogP contribution in [0.3, 0.4) is 0 Å². The van der Waals surface area contributed by atoms with Crippen LogP contribution in [0.5, 0.6) is 0 Å². The van der Waals surface area contributed by atoms with Gasteiger partial charge in [-0.3, -0.25) is 14.7 Å². The number of nitrogens with one attached hydrogen (secondary N) is 1. The lowest BCUT2D eigenvalue weighted by Gasteiger charge is -2.34. The predicted molar refractivity (Wildman–Crippen MR) is 164 cm³/mol. The largest absolute Gasteiger partial charge is 0.396 e. The molecule has 4 N–H and O–H groups in total. The van der Waals surface area contributed by atoms with Gasteiger partial charge in [0.05, 0.1) is 0 Å². The van der Waals surface area contributed by atoms with Crippen molar-refractivity contribution >= 4 is 39.6 Å². The molecule has 41 heavy (non-hydrogen) atoms. The number of primary amides is 1. The minimum Gasteiger partial charge on any atom is -0.396 e. The van der Waals surface area contributed by atoms with Gasteiger partial charge in [0.25, 0.3) is 5.91 Å². The molecule has 1 aromatic carbocycles. The molecule has 0 bridgehead atoms. The van der Waals surface area contributed by atoms with Crippen molar-refractivity contribution in [3.8, 4) is 0 Å². The number of aliphatic imine (C=N–C) groups is 1. The van der Waals surface area contributed by atoms with Gasteiger partial charge >= 0.3 is 6.03 Å². The van der Waals surface area contributed by atoms with Gasteiger partial charge in [-0.15, -0.1) is 0 Å². The molecule has 1 fully saturated rings. The molecule has 228 valence electrons. The van der Waals surface area contributed by atoms with E-state index in [1.165, 1.54) is 46.7 Å². The van der Waals surface area contributed by atoms with Gasteiger partial charge in [0.15, 0.2) is 0 Å². The summed E-state index contributed by atoms with van der Waals surface area (Å²) in [6.07, 6.45) is 13.1. The number of carbonyl (C=O) groups excluding carboxylic acids is 2. The molecule has 3 rings (SSSR count). The SMILES string of the molecule is Cc1cc(N(C)C(N)=O)cc(C)c1/C=C/S(=O)(=O)N1CCC2(CC1)N=C(CCCCCCCCCCCO)NC2=O. The normalized spacial score (nSPS) is 17.3. The fourth-order valence-corrected chi connectivity index (χ4v) is 6.74. The maximum atomic E-state index is 13.1. The number of aliphatic hydroxyl groups excluding tert-OH is 1. The minimum atomic E-state index is -3.69. The second kappa shape index (κ2) is 14.9. The Morgan fingerprint density at radius 2 is 1.59 bits per heavy atom. The lowest BCUT2D eigenvalue weighted by atomic mass is 9.89. The molecule has 1 saturated heterocycles. The first-order chi connectivity index (χ1) is 19.5. The summed E-state index contributed by atoms with van der Waals surface area (Å²) in [5.41, 5.74) is 7.58. The van der Waals surface area contributed by atoms with Gasteiger partial charge in [0.1, 0.15) is 11.4 Å². The number of hydrogen-bond acceptors (Lipinski definition) is 6. The van der Waals surface area contributed by atoms with Crippen LogP contribution in [-0.4, -0.2) is 67.9 Å². The highest BCUT2D eigenvalue weighted by atomic mass is 32.2. The Labute approximate surface area is 245 Å². The minimum absolute atomic E-state index is 0.116. The molecule has 0 saturated carbocycles. The van der Waals surface area contributed by atoms with Gasteiger partial charge in [-0.05, 0) is 74.4 Å². The number of sulfonamides is 1. The van der Waals surface area contributed by atoms with E-state index in [2.05, 4.69) is 5.32 Å². The van der Waals surface area contributed by atoms with Crippen molar-refractivity contribution in [1.29, 1.82) is 0 Å². The van der Waals surface area contributed by atoms with E-state index in [1.807, 2.05) is 13.8 Å². The molecule has 0 radical (unpaired) electrons. The standard InChI is InChI=1S/C30H47N5O5S/c1-23-21-25(34(3)29(31)38)22-24(2)26(23)14-20-41(39,40)35-17-15-30(16-18-35)28(37)32-27(33-30)13-11-9-7-5-4-6-8-10-12-19-36/h14,20-22,36H,4-13,15-19H2,1-3H3,(H2,31,38)(H,32,33,37)/b20-14+. The third-order valence-corrected chi connectivity index (χ3v) is 9.78. The number of hydrogen-bond donors (Lipinski definition) is 3. The lowest BCUT2D eigenvalue weighted by molar-refractivity contribution is -0.124. The quantitative estimate of drug-likeness (QED) is 0.260. The summed E-state index contributed by atoms with van der Waals surface area (Å²) in [4.78, 5) is 30.5. The van der Waals surface area contributed by atoms with Crippen molar-refractivity contribution in [2.24, 2.45) is 10.7 Å². The Morgan fingerprint density at radius 1 is 1.05 bits per heavy atom. The number of urea groups is 1. The number of amides is 3. The van der Waals surface area contributed by atoms with Crippen LogP contribution in [-0.2, 0) is 14.8 Å². The summed E-state index contributed by atoms with van der Waals surface area (Å²) in [6, 6.07) is 3.02. The molecule has 10 nitrogen and oxygen atoms in total. The summed E-state index contributed by atoms with van der Waals surface area (Å²) in [5.74, 6) is 0.613. The van der Waals surface area contributed by atoms with Crippen LogP contribution in [0, 0.1) is 13.8 Å². The molecule has 2 heterocycles. The third kappa shape index (κ3) is 8.86. The van der Waals surface area contributed by atoms with E-state index < -0.39 is 21.6 Å². The van der Waals surface area contributed by atoms with Crippen LogP contribution in [0.15, 0.2) is 22.5 Å². The zero-order chi connectivity index (χ0) is 30.0. The summed E-state index contributed by atoms with van der Waals surface area (Å²) < 4.78 is 27.7. The van der Waals surface area contributed by atoms with Crippen LogP contribution < -0.4 is 16.0 Å². The van der Waals surface area contributed by atoms with Gasteiger partial charge in [-0.25, -0.2) is 13.2 Å². The molecule has 0 aromatic heterocycles. The fourth-order valence-electron chi connectivity index (χ4n) is 5.57. The number of unbranched alkanes of at least 4 members (excludes halogenated alkanes) is 8. The highest BCUT2D eigenvalue weighted by Crippen LogP contribution is 2.32. The number of nitrogens with two attached hydrogens (primary N) is 1. The van der Waals surface area contributed by atoms with E-state index in [1.54, 1.807) is 25.3 Å². The number of nitrogens with zero attached hydrogens (tertiary/aromatic N) is 3. The Bertz CT molecular complexity index is 1210. The molecular formula is C30H47N5O5S. The monoisotopic (exact) mass is 589 g/mol. The van der Waals surface area contributed by atoms with Crippen molar-refractivity contribution in [3.05, 3.63) is 34.2 Å². The number of anilines is 1. The van der Waals surface area contributed by atoms with E-state index >= 15 is 0 Å². The number of aryl methyl sites for hydroxylation is 2. The van der Waals surface area contributed by atoms with Gasteiger partial charge in [0.2, 0.25) is 10.0 Å². The van der Waals surface area contributed by atoms with Crippen molar-refractivity contribution in [1.82, 2.24) is 9.62 Å². The number of benzene rings is 1. The second-order valence-corrected chi connectivity index (χ2v) is 13.2. The molecule has 3 amide bonds. The van der Waals surface area contributed by atoms with Crippen molar-refractivity contribution < 1.29 is 23.1 Å². The number of carbonyl (C=O) groups is 2. The summed E-state index contributed by atoms with van der Waals surface area (Å²) >= 11 is 0. The topological polar surface area (TPSA) is 145 Å². The van der Waals surface area contributed by atoms with Crippen molar-refractivity contribution in [3.63, 3.8) is 0 Å². The van der Waals surface area contributed by atoms with E-state index in [-0.39, 0.29) is 25.6 Å². The molecule has 2 aliphatic rings. The second-order valence-electron chi connectivity index (χ2n) is 11.3. The number of amidine groups is 1. The summed E-state index contributed by atoms with van der Waals surface area (Å²) in [5, 5.41) is 13.0. The molecule has 0 atom stereocenters. The molecular weight excluding hydrogens is 542 g/mol. The Hall–Kier alpha value is -2.76. The van der Waals surface area contributed by atoms with Crippen LogP contribution >= 0.6 is 0 Å². The lowest BCUT2D eigenvalue weighted by Crippen LogP contribution is -2.50. The van der Waals surface area contributed by atoms with Gasteiger partial charge in [0, 0.05) is 44.3 Å². The van der Waals surface area contributed by atoms with Gasteiger partial charge in [-0.1, -0.05) is 44.9 Å². The molecule has 2 aliphatic heterocycles. The zero-order valence-electron chi connectivity index (χ0n) is 24.8. The predicted octanol–water partition coefficient (Wildman–Crippen LogP) is 4.38. The van der Waals surface area contributed by atoms with Crippen LogP contribution in [0.25, 0.3) is 6.08 Å². The van der Waals surface area contributed by atoms with Gasteiger partial charge < -0.3 is 16.2 Å². The van der Waals surface area contributed by atoms with Crippen molar-refractivity contribution in [2.45, 2.75) is 96.4 Å². The Balaban J connectivity index is 1.49. The van der Waals surface area contributed by atoms with E-state index in [4.69, 9.17) is 15.8 Å². The average Bonchev–Trinajstić information content (AvgIpc) is 3.22. The molecule has 1 aromatic rings. The number of piperidine rings is 1. The average molecular weight is 590 g/mol. The number of rotatable bonds is 15. The molecule has 0 unspecified atom stereocenters. The summed E-state index contributed by atoms with van der Waals surface area (Å²) in [6.45, 7) is 4.47. The molecule has 11 heteroatoms. The highest BCUT2D eigenvalue weighted by molar-refractivity contribution is 7.92. The zero-order valence-corrected chi connectivity index (χ0v) is 25.6. The van der Waals surface area contributed by atoms with E-state index in [0.717, 1.165) is 54.6 Å². The third-order valence-electron chi connectivity index (χ3n) is 8.21. The van der Waals surface area contributed by atoms with E-state index in [0.29, 0.717) is 18.5 Å². The smallest absolute Gasteiger partial charge is 0.318 e. The molecule has 0 aliphatic carbocycles. The first kappa shape index (κ1) is 32.8.